The molecule has 1 amide bonds. The Hall–Kier alpha value is -2.56. The van der Waals surface area contributed by atoms with Crippen LogP contribution < -0.4 is 14.8 Å². The topological polar surface area (TPSA) is 107 Å². The highest BCUT2D eigenvalue weighted by molar-refractivity contribution is 7.89. The number of nitrogens with zero attached hydrogens (tertiary/aromatic N) is 1. The summed E-state index contributed by atoms with van der Waals surface area (Å²) in [6.45, 7) is 1.61. The van der Waals surface area contributed by atoms with Crippen LogP contribution in [0, 0.1) is 0 Å². The lowest BCUT2D eigenvalue weighted by Crippen LogP contribution is -2.40. The Kier molecular flexibility index (Phi) is 4.77. The summed E-state index contributed by atoms with van der Waals surface area (Å²) >= 11 is 0. The molecule has 0 saturated carbocycles. The summed E-state index contributed by atoms with van der Waals surface area (Å²) in [7, 11) is -3.77. The second-order valence-electron chi connectivity index (χ2n) is 6.01. The summed E-state index contributed by atoms with van der Waals surface area (Å²) in [5.74, 6) is 0.714. The number of ether oxygens (including phenoxy) is 3. The van der Waals surface area contributed by atoms with Crippen molar-refractivity contribution in [2.75, 3.05) is 33.1 Å². The summed E-state index contributed by atoms with van der Waals surface area (Å²) in [6.07, 6.45) is 0. The molecular formula is C17H18N2O7S. The molecule has 1 fully saturated rings. The van der Waals surface area contributed by atoms with Gasteiger partial charge in [-0.25, -0.2) is 8.42 Å². The first-order valence-electron chi connectivity index (χ1n) is 8.38. The Bertz CT molecular complexity index is 948. The Morgan fingerprint density at radius 1 is 1.07 bits per heavy atom. The number of benzene rings is 1. The Labute approximate surface area is 155 Å². The molecule has 1 aromatic heterocycles. The van der Waals surface area contributed by atoms with Crippen LogP contribution in [-0.4, -0.2) is 51.7 Å². The third-order valence-corrected chi connectivity index (χ3v) is 6.03. The van der Waals surface area contributed by atoms with Crippen LogP contribution in [-0.2, 0) is 21.3 Å². The number of hydrogen-bond donors (Lipinski definition) is 1. The fraction of sp³-hybridized carbons (Fsp3) is 0.353. The average Bonchev–Trinajstić information content (AvgIpc) is 3.36. The van der Waals surface area contributed by atoms with Crippen molar-refractivity contribution in [1.29, 1.82) is 0 Å². The summed E-state index contributed by atoms with van der Waals surface area (Å²) in [4.78, 5) is 12.3. The van der Waals surface area contributed by atoms with E-state index in [4.69, 9.17) is 18.6 Å². The van der Waals surface area contributed by atoms with E-state index >= 15 is 0 Å². The molecule has 0 unspecified atom stereocenters. The molecule has 1 aromatic carbocycles. The molecule has 9 nitrogen and oxygen atoms in total. The van der Waals surface area contributed by atoms with Gasteiger partial charge in [0.05, 0.1) is 13.2 Å². The molecule has 3 heterocycles. The maximum Gasteiger partial charge on any atom is 0.287 e. The van der Waals surface area contributed by atoms with Crippen molar-refractivity contribution in [3.8, 4) is 11.5 Å². The summed E-state index contributed by atoms with van der Waals surface area (Å²) < 4.78 is 47.3. The van der Waals surface area contributed by atoms with Crippen molar-refractivity contribution in [1.82, 2.24) is 9.62 Å². The number of amides is 1. The van der Waals surface area contributed by atoms with Gasteiger partial charge in [0, 0.05) is 19.6 Å². The molecule has 0 spiro atoms. The fourth-order valence-corrected chi connectivity index (χ4v) is 4.13. The van der Waals surface area contributed by atoms with Gasteiger partial charge in [0.15, 0.2) is 17.3 Å². The highest BCUT2D eigenvalue weighted by Gasteiger charge is 2.30. The molecule has 0 bridgehead atoms. The molecule has 1 saturated heterocycles. The van der Waals surface area contributed by atoms with Gasteiger partial charge in [0.1, 0.15) is 0 Å². The number of nitrogens with one attached hydrogen (secondary N) is 1. The second kappa shape index (κ2) is 7.22. The first-order valence-corrected chi connectivity index (χ1v) is 9.82. The van der Waals surface area contributed by atoms with Gasteiger partial charge in [-0.3, -0.25) is 4.79 Å². The van der Waals surface area contributed by atoms with E-state index in [9.17, 15) is 13.2 Å². The maximum atomic E-state index is 12.5. The van der Waals surface area contributed by atoms with E-state index in [1.807, 2.05) is 6.07 Å². The SMILES string of the molecule is O=C(NCc1ccc2c(c1)OCO2)c1ccc(S(=O)(=O)N2CCOCC2)o1. The number of hydrogen-bond acceptors (Lipinski definition) is 7. The van der Waals surface area contributed by atoms with Gasteiger partial charge >= 0.3 is 0 Å². The third-order valence-electron chi connectivity index (χ3n) is 4.26. The van der Waals surface area contributed by atoms with E-state index in [1.165, 1.54) is 16.4 Å². The smallest absolute Gasteiger partial charge is 0.287 e. The Balaban J connectivity index is 1.41. The quantitative estimate of drug-likeness (QED) is 0.805. The first-order chi connectivity index (χ1) is 13.0. The zero-order valence-corrected chi connectivity index (χ0v) is 15.2. The average molecular weight is 394 g/mol. The number of fused-ring (bicyclic) bond motifs is 1. The fourth-order valence-electron chi connectivity index (χ4n) is 2.82. The molecular weight excluding hydrogens is 376 g/mol. The first kappa shape index (κ1) is 17.8. The maximum absolute atomic E-state index is 12.5. The molecule has 2 aromatic rings. The molecule has 2 aliphatic heterocycles. The van der Waals surface area contributed by atoms with Gasteiger partial charge in [0.2, 0.25) is 11.9 Å². The van der Waals surface area contributed by atoms with Gasteiger partial charge < -0.3 is 23.9 Å². The van der Waals surface area contributed by atoms with Crippen LogP contribution in [0.5, 0.6) is 11.5 Å². The van der Waals surface area contributed by atoms with Crippen LogP contribution in [0.1, 0.15) is 16.1 Å². The third kappa shape index (κ3) is 3.64. The summed E-state index contributed by atoms with van der Waals surface area (Å²) in [5.41, 5.74) is 0.820. The molecule has 4 rings (SSSR count). The number of morpholine rings is 1. The lowest BCUT2D eigenvalue weighted by Gasteiger charge is -2.24. The van der Waals surface area contributed by atoms with Gasteiger partial charge in [-0.2, -0.15) is 4.31 Å². The van der Waals surface area contributed by atoms with Crippen LogP contribution in [0.15, 0.2) is 39.8 Å². The number of sulfonamides is 1. The number of carbonyl (C=O) groups is 1. The van der Waals surface area contributed by atoms with Crippen LogP contribution in [0.25, 0.3) is 0 Å². The van der Waals surface area contributed by atoms with Crippen molar-refractivity contribution in [2.45, 2.75) is 11.6 Å². The summed E-state index contributed by atoms with van der Waals surface area (Å²) in [5, 5.41) is 2.44. The highest BCUT2D eigenvalue weighted by atomic mass is 32.2. The predicted molar refractivity (Wildman–Crippen MR) is 92.0 cm³/mol. The minimum absolute atomic E-state index is 0.0671. The Morgan fingerprint density at radius 3 is 2.67 bits per heavy atom. The number of furan rings is 1. The highest BCUT2D eigenvalue weighted by Crippen LogP contribution is 2.32. The molecule has 0 atom stereocenters. The van der Waals surface area contributed by atoms with Gasteiger partial charge in [-0.15, -0.1) is 0 Å². The van der Waals surface area contributed by atoms with Crippen LogP contribution >= 0.6 is 0 Å². The molecule has 144 valence electrons. The van der Waals surface area contributed by atoms with Crippen molar-refractivity contribution in [3.05, 3.63) is 41.7 Å². The van der Waals surface area contributed by atoms with E-state index in [1.54, 1.807) is 12.1 Å². The van der Waals surface area contributed by atoms with E-state index < -0.39 is 15.9 Å². The van der Waals surface area contributed by atoms with Crippen LogP contribution in [0.2, 0.25) is 0 Å². The molecule has 10 heteroatoms. The minimum Gasteiger partial charge on any atom is -0.454 e. The van der Waals surface area contributed by atoms with Crippen molar-refractivity contribution < 1.29 is 31.8 Å². The van der Waals surface area contributed by atoms with E-state index in [2.05, 4.69) is 5.32 Å². The zero-order chi connectivity index (χ0) is 18.9. The largest absolute Gasteiger partial charge is 0.454 e. The number of rotatable bonds is 5. The van der Waals surface area contributed by atoms with Gasteiger partial charge in [-0.1, -0.05) is 6.07 Å². The lowest BCUT2D eigenvalue weighted by atomic mass is 10.2. The van der Waals surface area contributed by atoms with Crippen molar-refractivity contribution in [3.63, 3.8) is 0 Å². The minimum atomic E-state index is -3.77. The molecule has 2 aliphatic rings. The monoisotopic (exact) mass is 394 g/mol. The van der Waals surface area contributed by atoms with E-state index in [0.29, 0.717) is 24.7 Å². The summed E-state index contributed by atoms with van der Waals surface area (Å²) in [6, 6.07) is 8.00. The Morgan fingerprint density at radius 2 is 1.85 bits per heavy atom. The van der Waals surface area contributed by atoms with Crippen molar-refractivity contribution >= 4 is 15.9 Å². The lowest BCUT2D eigenvalue weighted by molar-refractivity contribution is 0.0722. The molecule has 0 radical (unpaired) electrons. The zero-order valence-electron chi connectivity index (χ0n) is 14.3. The number of carbonyl (C=O) groups excluding carboxylic acids is 1. The van der Waals surface area contributed by atoms with E-state index in [-0.39, 0.29) is 37.3 Å². The van der Waals surface area contributed by atoms with E-state index in [0.717, 1.165) is 5.56 Å². The van der Waals surface area contributed by atoms with Crippen molar-refractivity contribution in [2.24, 2.45) is 0 Å². The predicted octanol–water partition coefficient (Wildman–Crippen LogP) is 0.959. The molecule has 27 heavy (non-hydrogen) atoms. The van der Waals surface area contributed by atoms with Gasteiger partial charge in [0.25, 0.3) is 15.9 Å². The van der Waals surface area contributed by atoms with Crippen LogP contribution in [0.4, 0.5) is 0 Å². The molecule has 1 N–H and O–H groups in total. The second-order valence-corrected chi connectivity index (χ2v) is 7.87. The van der Waals surface area contributed by atoms with Gasteiger partial charge in [-0.05, 0) is 29.8 Å². The molecule has 0 aliphatic carbocycles. The standard InChI is InChI=1S/C17H18N2O7S/c20-17(18-10-12-1-2-13-15(9-12)25-11-24-13)14-3-4-16(26-14)27(21,22)19-5-7-23-8-6-19/h1-4,9H,5-8,10-11H2,(H,18,20). The van der Waals surface area contributed by atoms with Crippen LogP contribution in [0.3, 0.4) is 0 Å². The normalized spacial score (nSPS) is 17.0.